The highest BCUT2D eigenvalue weighted by molar-refractivity contribution is 5.27. The van der Waals surface area contributed by atoms with Gasteiger partial charge in [-0.25, -0.2) is 0 Å². The van der Waals surface area contributed by atoms with Crippen LogP contribution in [-0.4, -0.2) is 25.7 Å². The molecule has 1 saturated carbocycles. The summed E-state index contributed by atoms with van der Waals surface area (Å²) in [5, 5.41) is 6.70. The Morgan fingerprint density at radius 2 is 1.89 bits per heavy atom. The molecule has 2 rings (SSSR count). The molecule has 0 heterocycles. The monoisotopic (exact) mass is 256 g/mol. The first kappa shape index (κ1) is 13.2. The molecule has 2 N–H and O–H groups in total. The average molecular weight is 256 g/mol. The third-order valence-corrected chi connectivity index (χ3v) is 2.79. The van der Waals surface area contributed by atoms with Crippen LogP contribution >= 0.6 is 0 Å². The van der Waals surface area contributed by atoms with Gasteiger partial charge >= 0.3 is 6.61 Å². The van der Waals surface area contributed by atoms with Crippen molar-refractivity contribution < 1.29 is 13.5 Å². The van der Waals surface area contributed by atoms with Gasteiger partial charge in [0.25, 0.3) is 0 Å². The van der Waals surface area contributed by atoms with Gasteiger partial charge in [0.05, 0.1) is 0 Å². The van der Waals surface area contributed by atoms with Crippen molar-refractivity contribution in [1.82, 2.24) is 10.6 Å². The molecule has 1 aromatic rings. The summed E-state index contributed by atoms with van der Waals surface area (Å²) < 4.78 is 28.2. The number of nitrogens with one attached hydrogen (secondary N) is 2. The SMILES string of the molecule is FC(F)Oc1ccc(CNCCNC2CC2)cc1. The number of hydrogen-bond donors (Lipinski definition) is 2. The van der Waals surface area contributed by atoms with Gasteiger partial charge < -0.3 is 15.4 Å². The Balaban J connectivity index is 1.62. The molecular formula is C13H18F2N2O. The smallest absolute Gasteiger partial charge is 0.387 e. The molecule has 0 unspecified atom stereocenters. The molecule has 0 bridgehead atoms. The fourth-order valence-corrected chi connectivity index (χ4v) is 1.67. The van der Waals surface area contributed by atoms with Gasteiger partial charge in [-0.3, -0.25) is 0 Å². The first-order chi connectivity index (χ1) is 8.74. The molecule has 0 saturated heterocycles. The van der Waals surface area contributed by atoms with Crippen LogP contribution in [0, 0.1) is 0 Å². The summed E-state index contributed by atoms with van der Waals surface area (Å²) in [6, 6.07) is 7.44. The maximum Gasteiger partial charge on any atom is 0.387 e. The summed E-state index contributed by atoms with van der Waals surface area (Å²) in [4.78, 5) is 0. The predicted molar refractivity (Wildman–Crippen MR) is 65.8 cm³/mol. The van der Waals surface area contributed by atoms with Crippen molar-refractivity contribution in [2.75, 3.05) is 13.1 Å². The summed E-state index contributed by atoms with van der Waals surface area (Å²) in [5.41, 5.74) is 1.06. The summed E-state index contributed by atoms with van der Waals surface area (Å²) in [6.45, 7) is -0.146. The topological polar surface area (TPSA) is 33.3 Å². The van der Waals surface area contributed by atoms with Gasteiger partial charge in [-0.15, -0.1) is 0 Å². The van der Waals surface area contributed by atoms with E-state index in [2.05, 4.69) is 15.4 Å². The molecule has 0 radical (unpaired) electrons. The van der Waals surface area contributed by atoms with E-state index in [-0.39, 0.29) is 5.75 Å². The molecule has 100 valence electrons. The summed E-state index contributed by atoms with van der Waals surface area (Å²) in [7, 11) is 0. The Labute approximate surface area is 106 Å². The van der Waals surface area contributed by atoms with Crippen molar-refractivity contribution >= 4 is 0 Å². The van der Waals surface area contributed by atoms with Crippen LogP contribution in [0.2, 0.25) is 0 Å². The lowest BCUT2D eigenvalue weighted by Crippen LogP contribution is -2.28. The highest BCUT2D eigenvalue weighted by Crippen LogP contribution is 2.18. The van der Waals surface area contributed by atoms with E-state index in [1.54, 1.807) is 24.3 Å². The Morgan fingerprint density at radius 3 is 2.50 bits per heavy atom. The van der Waals surface area contributed by atoms with E-state index in [0.717, 1.165) is 31.2 Å². The summed E-state index contributed by atoms with van der Waals surface area (Å²) in [5.74, 6) is 0.198. The average Bonchev–Trinajstić information content (AvgIpc) is 3.14. The Morgan fingerprint density at radius 1 is 1.17 bits per heavy atom. The van der Waals surface area contributed by atoms with Crippen LogP contribution in [0.4, 0.5) is 8.78 Å². The third-order valence-electron chi connectivity index (χ3n) is 2.79. The minimum atomic E-state index is -2.76. The molecular weight excluding hydrogens is 238 g/mol. The van der Waals surface area contributed by atoms with Crippen LogP contribution in [0.1, 0.15) is 18.4 Å². The number of alkyl halides is 2. The molecule has 1 aliphatic rings. The maximum atomic E-state index is 11.9. The van der Waals surface area contributed by atoms with E-state index in [0.29, 0.717) is 0 Å². The molecule has 18 heavy (non-hydrogen) atoms. The second-order valence-corrected chi connectivity index (χ2v) is 4.43. The van der Waals surface area contributed by atoms with Gasteiger partial charge in [0.1, 0.15) is 5.75 Å². The fourth-order valence-electron chi connectivity index (χ4n) is 1.67. The van der Waals surface area contributed by atoms with Crippen LogP contribution in [0.15, 0.2) is 24.3 Å². The normalized spacial score (nSPS) is 15.1. The zero-order chi connectivity index (χ0) is 12.8. The quantitative estimate of drug-likeness (QED) is 0.699. The van der Waals surface area contributed by atoms with Crippen molar-refractivity contribution in [2.24, 2.45) is 0 Å². The zero-order valence-corrected chi connectivity index (χ0v) is 10.2. The van der Waals surface area contributed by atoms with Gasteiger partial charge in [-0.2, -0.15) is 8.78 Å². The van der Waals surface area contributed by atoms with E-state index < -0.39 is 6.61 Å². The van der Waals surface area contributed by atoms with E-state index in [9.17, 15) is 8.78 Å². The highest BCUT2D eigenvalue weighted by atomic mass is 19.3. The molecule has 0 aliphatic heterocycles. The molecule has 1 aromatic carbocycles. The Hall–Kier alpha value is -1.20. The van der Waals surface area contributed by atoms with Crippen LogP contribution < -0.4 is 15.4 Å². The second kappa shape index (κ2) is 6.66. The van der Waals surface area contributed by atoms with Gasteiger partial charge in [0, 0.05) is 25.7 Å². The Kier molecular flexibility index (Phi) is 4.90. The highest BCUT2D eigenvalue weighted by Gasteiger charge is 2.19. The largest absolute Gasteiger partial charge is 0.435 e. The molecule has 1 aliphatic carbocycles. The fraction of sp³-hybridized carbons (Fsp3) is 0.538. The lowest BCUT2D eigenvalue weighted by atomic mass is 10.2. The first-order valence-electron chi connectivity index (χ1n) is 6.22. The van der Waals surface area contributed by atoms with Gasteiger partial charge in [0.2, 0.25) is 0 Å². The predicted octanol–water partition coefficient (Wildman–Crippen LogP) is 2.13. The van der Waals surface area contributed by atoms with Gasteiger partial charge in [-0.05, 0) is 30.5 Å². The number of hydrogen-bond acceptors (Lipinski definition) is 3. The number of halogens is 2. The number of ether oxygens (including phenoxy) is 1. The van der Waals surface area contributed by atoms with Crippen molar-refractivity contribution in [1.29, 1.82) is 0 Å². The molecule has 1 fully saturated rings. The maximum absolute atomic E-state index is 11.9. The zero-order valence-electron chi connectivity index (χ0n) is 10.2. The van der Waals surface area contributed by atoms with Crippen LogP contribution in [0.25, 0.3) is 0 Å². The molecule has 0 amide bonds. The second-order valence-electron chi connectivity index (χ2n) is 4.43. The summed E-state index contributed by atoms with van der Waals surface area (Å²) >= 11 is 0. The van der Waals surface area contributed by atoms with Gasteiger partial charge in [0.15, 0.2) is 0 Å². The lowest BCUT2D eigenvalue weighted by molar-refractivity contribution is -0.0498. The number of benzene rings is 1. The minimum Gasteiger partial charge on any atom is -0.435 e. The molecule has 0 atom stereocenters. The van der Waals surface area contributed by atoms with E-state index in [1.165, 1.54) is 12.8 Å². The minimum absolute atomic E-state index is 0.198. The third kappa shape index (κ3) is 4.98. The van der Waals surface area contributed by atoms with Crippen LogP contribution in [0.3, 0.4) is 0 Å². The summed E-state index contributed by atoms with van der Waals surface area (Å²) in [6.07, 6.45) is 2.59. The van der Waals surface area contributed by atoms with Crippen LogP contribution in [0.5, 0.6) is 5.75 Å². The first-order valence-corrected chi connectivity index (χ1v) is 6.22. The molecule has 0 aromatic heterocycles. The van der Waals surface area contributed by atoms with Crippen molar-refractivity contribution in [3.63, 3.8) is 0 Å². The number of rotatable bonds is 8. The van der Waals surface area contributed by atoms with Crippen molar-refractivity contribution in [2.45, 2.75) is 32.0 Å². The Bertz CT molecular complexity index is 353. The van der Waals surface area contributed by atoms with E-state index in [1.807, 2.05) is 0 Å². The van der Waals surface area contributed by atoms with E-state index in [4.69, 9.17) is 0 Å². The molecule has 3 nitrogen and oxygen atoms in total. The lowest BCUT2D eigenvalue weighted by Gasteiger charge is -2.07. The van der Waals surface area contributed by atoms with E-state index >= 15 is 0 Å². The standard InChI is InChI=1S/C13H18F2N2O/c14-13(15)18-12-5-1-10(2-6-12)9-16-7-8-17-11-3-4-11/h1-2,5-6,11,13,16-17H,3-4,7-9H2. The molecule has 5 heteroatoms. The van der Waals surface area contributed by atoms with Crippen LogP contribution in [-0.2, 0) is 6.54 Å². The molecule has 0 spiro atoms. The van der Waals surface area contributed by atoms with Crippen molar-refractivity contribution in [3.05, 3.63) is 29.8 Å². The van der Waals surface area contributed by atoms with Gasteiger partial charge in [-0.1, -0.05) is 12.1 Å². The van der Waals surface area contributed by atoms with Crippen molar-refractivity contribution in [3.8, 4) is 5.75 Å².